The van der Waals surface area contributed by atoms with Crippen LogP contribution in [0.4, 0.5) is 26.3 Å². The Bertz CT molecular complexity index is 2060. The summed E-state index contributed by atoms with van der Waals surface area (Å²) < 4.78 is 78.0. The first-order chi connectivity index (χ1) is 22.5. The van der Waals surface area contributed by atoms with Gasteiger partial charge in [0.1, 0.15) is 0 Å². The number of alkyl halides is 6. The maximum Gasteiger partial charge on any atom is 0.454 e. The van der Waals surface area contributed by atoms with Gasteiger partial charge in [0.05, 0.1) is 11.3 Å². The van der Waals surface area contributed by atoms with E-state index in [0.29, 0.717) is 21.5 Å². The molecular weight excluding hydrogens is 853 g/mol. The van der Waals surface area contributed by atoms with Gasteiger partial charge in [-0.3, -0.25) is 9.78 Å². The number of aromatic nitrogens is 1. The quantitative estimate of drug-likeness (QED) is 0.0846. The average molecular weight is 891 g/mol. The number of pyridine rings is 1. The molecule has 0 aliphatic carbocycles. The fourth-order valence-electron chi connectivity index (χ4n) is 5.80. The van der Waals surface area contributed by atoms with Gasteiger partial charge in [0.15, 0.2) is 0 Å². The van der Waals surface area contributed by atoms with E-state index in [1.165, 1.54) is 25.2 Å². The van der Waals surface area contributed by atoms with Crippen molar-refractivity contribution in [3.05, 3.63) is 99.9 Å². The van der Waals surface area contributed by atoms with Crippen LogP contribution in [0, 0.1) is 39.7 Å². The van der Waals surface area contributed by atoms with Crippen LogP contribution in [-0.4, -0.2) is 22.1 Å². The fraction of sp³-hybridized carbons (Fsp3) is 0.333. The zero-order chi connectivity index (χ0) is 36.8. The number of benzene rings is 3. The van der Waals surface area contributed by atoms with Crippen molar-refractivity contribution in [2.75, 3.05) is 0 Å². The van der Waals surface area contributed by atoms with Crippen molar-refractivity contribution >= 4 is 38.0 Å². The number of thiophene rings is 1. The van der Waals surface area contributed by atoms with Crippen LogP contribution >= 0.6 is 11.3 Å². The Morgan fingerprint density at radius 3 is 2.02 bits per heavy atom. The van der Waals surface area contributed by atoms with Crippen LogP contribution in [-0.2, 0) is 36.5 Å². The maximum absolute atomic E-state index is 14.2. The standard InChI is InChI=1S/C32H29F3NS.C7H9F3O2.Ir/c1-17-12-18(2)26(19(3)13-17)29-20(4)27-25(32(33,34)35)16-36-28(30(27)37-29)22-14-21-10-8-9-11-23(21)24(15-22)31(5,6)7;1-4(2)5(11)3-6(12)7(8,9)10;/h8-13,15-16H,1-7H3;3-4,11H,1-2H3;/q-1;;/b;5-3-;. The van der Waals surface area contributed by atoms with Crippen molar-refractivity contribution in [2.45, 2.75) is 80.1 Å². The van der Waals surface area contributed by atoms with Crippen LogP contribution in [0.15, 0.2) is 60.5 Å². The summed E-state index contributed by atoms with van der Waals surface area (Å²) in [7, 11) is 0. The van der Waals surface area contributed by atoms with E-state index >= 15 is 0 Å². The number of aryl methyl sites for hydroxylation is 4. The molecule has 1 N–H and O–H groups in total. The van der Waals surface area contributed by atoms with E-state index in [1.807, 2.05) is 39.0 Å². The molecule has 5 rings (SSSR count). The van der Waals surface area contributed by atoms with E-state index in [1.54, 1.807) is 6.92 Å². The molecule has 0 bridgehead atoms. The van der Waals surface area contributed by atoms with Crippen LogP contribution in [0.5, 0.6) is 0 Å². The van der Waals surface area contributed by atoms with E-state index in [4.69, 9.17) is 5.11 Å². The Balaban J connectivity index is 0.000000448. The predicted molar refractivity (Wildman–Crippen MR) is 186 cm³/mol. The Labute approximate surface area is 305 Å². The van der Waals surface area contributed by atoms with E-state index in [-0.39, 0.29) is 37.0 Å². The molecule has 50 heavy (non-hydrogen) atoms. The molecule has 0 fully saturated rings. The van der Waals surface area contributed by atoms with Crippen molar-refractivity contribution in [1.29, 1.82) is 0 Å². The number of ketones is 1. The second-order valence-corrected chi connectivity index (χ2v) is 14.6. The van der Waals surface area contributed by atoms with Crippen LogP contribution in [0.1, 0.15) is 68.0 Å². The van der Waals surface area contributed by atoms with Gasteiger partial charge < -0.3 is 5.11 Å². The van der Waals surface area contributed by atoms with E-state index < -0.39 is 35.4 Å². The molecule has 269 valence electrons. The number of rotatable bonds is 4. The zero-order valence-electron chi connectivity index (χ0n) is 29.1. The fourth-order valence-corrected chi connectivity index (χ4v) is 7.31. The number of allylic oxidation sites excluding steroid dienone is 2. The zero-order valence-corrected chi connectivity index (χ0v) is 32.3. The van der Waals surface area contributed by atoms with Crippen LogP contribution in [0.3, 0.4) is 0 Å². The van der Waals surface area contributed by atoms with Gasteiger partial charge in [-0.1, -0.05) is 81.5 Å². The van der Waals surface area contributed by atoms with Crippen molar-refractivity contribution in [3.63, 3.8) is 0 Å². The molecule has 0 amide bonds. The number of hydrogen-bond donors (Lipinski definition) is 1. The van der Waals surface area contributed by atoms with Crippen LogP contribution < -0.4 is 0 Å². The number of fused-ring (bicyclic) bond motifs is 2. The Hall–Kier alpha value is -3.53. The first-order valence-corrected chi connectivity index (χ1v) is 16.4. The summed E-state index contributed by atoms with van der Waals surface area (Å²) in [5.41, 5.74) is 6.41. The molecule has 0 spiro atoms. The monoisotopic (exact) mass is 891 g/mol. The maximum atomic E-state index is 14.2. The van der Waals surface area contributed by atoms with E-state index in [2.05, 4.69) is 56.1 Å². The average Bonchev–Trinajstić information content (AvgIpc) is 3.30. The second kappa shape index (κ2) is 15.0. The number of carbonyl (C=O) groups is 1. The summed E-state index contributed by atoms with van der Waals surface area (Å²) in [6, 6.07) is 17.7. The molecule has 0 saturated carbocycles. The summed E-state index contributed by atoms with van der Waals surface area (Å²) in [6.07, 6.45) is -8.21. The summed E-state index contributed by atoms with van der Waals surface area (Å²) in [4.78, 5) is 15.5. The molecule has 1 radical (unpaired) electrons. The molecule has 11 heteroatoms. The van der Waals surface area contributed by atoms with E-state index in [9.17, 15) is 31.1 Å². The predicted octanol–water partition coefficient (Wildman–Crippen LogP) is 12.3. The molecular formula is C39H38F6IrNO2S-. The summed E-state index contributed by atoms with van der Waals surface area (Å²) in [6.45, 7) is 17.3. The minimum atomic E-state index is -4.90. The van der Waals surface area contributed by atoms with Crippen molar-refractivity contribution in [2.24, 2.45) is 5.92 Å². The Morgan fingerprint density at radius 2 is 1.50 bits per heavy atom. The number of hydrogen-bond acceptors (Lipinski definition) is 4. The van der Waals surface area contributed by atoms with Crippen molar-refractivity contribution in [3.8, 4) is 21.7 Å². The topological polar surface area (TPSA) is 50.2 Å². The van der Waals surface area contributed by atoms with Gasteiger partial charge in [-0.05, 0) is 55.4 Å². The van der Waals surface area contributed by atoms with Crippen LogP contribution in [0.25, 0.3) is 42.6 Å². The summed E-state index contributed by atoms with van der Waals surface area (Å²) >= 11 is 1.40. The van der Waals surface area contributed by atoms with Gasteiger partial charge in [0.2, 0.25) is 0 Å². The Kier molecular flexibility index (Phi) is 12.3. The molecule has 2 heterocycles. The van der Waals surface area contributed by atoms with Gasteiger partial charge in [0.25, 0.3) is 5.78 Å². The first kappa shape index (κ1) is 40.9. The second-order valence-electron chi connectivity index (χ2n) is 13.5. The smallest absolute Gasteiger partial charge is 0.454 e. The number of nitrogens with zero attached hydrogens (tertiary/aromatic N) is 1. The first-order valence-electron chi connectivity index (χ1n) is 15.6. The molecule has 0 saturated heterocycles. The van der Waals surface area contributed by atoms with Gasteiger partial charge >= 0.3 is 12.4 Å². The molecule has 0 unspecified atom stereocenters. The van der Waals surface area contributed by atoms with Crippen molar-refractivity contribution < 1.29 is 56.3 Å². The van der Waals surface area contributed by atoms with Crippen molar-refractivity contribution in [1.82, 2.24) is 4.98 Å². The SMILES string of the molecule is CC(C)/C(O)=C/C(=O)C(F)(F)F.Cc1cc(C)c(-c2sc3c(-c4[c-]c5ccccc5c(C(C)(C)C)c4)ncc(C(F)(F)F)c3c2C)c(C)c1.[Ir]. The molecule has 3 aromatic carbocycles. The molecule has 3 nitrogen and oxygen atoms in total. The Morgan fingerprint density at radius 1 is 0.920 bits per heavy atom. The largest absolute Gasteiger partial charge is 0.512 e. The molecule has 0 aliphatic rings. The number of aliphatic hydroxyl groups is 1. The molecule has 2 aromatic heterocycles. The normalized spacial score (nSPS) is 12.6. The third kappa shape index (κ3) is 8.67. The third-order valence-corrected chi connectivity index (χ3v) is 9.47. The van der Waals surface area contributed by atoms with Gasteiger partial charge in [-0.2, -0.15) is 26.3 Å². The molecule has 5 aromatic rings. The summed E-state index contributed by atoms with van der Waals surface area (Å²) in [5, 5.41) is 11.1. The molecule has 0 atom stereocenters. The number of halogens is 6. The summed E-state index contributed by atoms with van der Waals surface area (Å²) in [5.74, 6) is -3.07. The van der Waals surface area contributed by atoms with Gasteiger partial charge in [-0.25, -0.2) is 0 Å². The van der Waals surface area contributed by atoms with Crippen LogP contribution in [0.2, 0.25) is 0 Å². The number of carbonyl (C=O) groups excluding carboxylic acids is 1. The minimum absolute atomic E-state index is 0. The number of aliphatic hydroxyl groups excluding tert-OH is 1. The molecule has 0 aliphatic heterocycles. The van der Waals surface area contributed by atoms with Gasteiger partial charge in [0, 0.05) is 59.0 Å². The van der Waals surface area contributed by atoms with E-state index in [0.717, 1.165) is 49.7 Å². The van der Waals surface area contributed by atoms with Gasteiger partial charge in [-0.15, -0.1) is 40.5 Å². The minimum Gasteiger partial charge on any atom is -0.512 e. The third-order valence-electron chi connectivity index (χ3n) is 8.15.